The van der Waals surface area contributed by atoms with Crippen molar-refractivity contribution >= 4 is 33.0 Å². The SMILES string of the molecule is Cn1ncc(Cl)c1S(=O)(=O)NCc1cc(C#CCO)cs1. The minimum Gasteiger partial charge on any atom is -0.384 e. The normalized spacial score (nSPS) is 11.2. The van der Waals surface area contributed by atoms with Crippen molar-refractivity contribution in [3.8, 4) is 11.8 Å². The molecule has 2 rings (SSSR count). The molecule has 0 amide bonds. The maximum atomic E-state index is 12.2. The molecule has 0 saturated carbocycles. The molecule has 0 radical (unpaired) electrons. The number of rotatable bonds is 4. The first-order valence-electron chi connectivity index (χ1n) is 5.78. The molecule has 0 aliphatic carbocycles. The lowest BCUT2D eigenvalue weighted by Gasteiger charge is -2.06. The molecule has 2 heterocycles. The van der Waals surface area contributed by atoms with Crippen LogP contribution in [0.2, 0.25) is 5.02 Å². The average Bonchev–Trinajstić information content (AvgIpc) is 3.01. The van der Waals surface area contributed by atoms with Crippen LogP contribution in [0.1, 0.15) is 10.4 Å². The van der Waals surface area contributed by atoms with Crippen LogP contribution in [0.4, 0.5) is 0 Å². The van der Waals surface area contributed by atoms with Crippen molar-refractivity contribution < 1.29 is 13.5 Å². The average molecular weight is 346 g/mol. The zero-order valence-corrected chi connectivity index (χ0v) is 13.4. The van der Waals surface area contributed by atoms with Crippen molar-refractivity contribution in [2.24, 2.45) is 7.05 Å². The molecular formula is C12H12ClN3O3S2. The highest BCUT2D eigenvalue weighted by Crippen LogP contribution is 2.20. The largest absolute Gasteiger partial charge is 0.384 e. The molecular weight excluding hydrogens is 334 g/mol. The number of nitrogens with zero attached hydrogens (tertiary/aromatic N) is 2. The van der Waals surface area contributed by atoms with Gasteiger partial charge in [-0.3, -0.25) is 4.68 Å². The molecule has 0 fully saturated rings. The molecule has 0 saturated heterocycles. The van der Waals surface area contributed by atoms with Crippen LogP contribution in [-0.2, 0) is 23.6 Å². The number of thiophene rings is 1. The quantitative estimate of drug-likeness (QED) is 0.808. The minimum absolute atomic E-state index is 0.0685. The monoisotopic (exact) mass is 345 g/mol. The molecule has 2 aromatic heterocycles. The van der Waals surface area contributed by atoms with Gasteiger partial charge in [-0.2, -0.15) is 5.10 Å². The predicted molar refractivity (Wildman–Crippen MR) is 80.5 cm³/mol. The van der Waals surface area contributed by atoms with Gasteiger partial charge in [0.15, 0.2) is 5.03 Å². The topological polar surface area (TPSA) is 84.2 Å². The van der Waals surface area contributed by atoms with Gasteiger partial charge in [0.05, 0.1) is 11.2 Å². The summed E-state index contributed by atoms with van der Waals surface area (Å²) >= 11 is 7.21. The van der Waals surface area contributed by atoms with Gasteiger partial charge in [-0.25, -0.2) is 13.1 Å². The first-order chi connectivity index (χ1) is 9.94. The molecule has 0 spiro atoms. The van der Waals surface area contributed by atoms with Gasteiger partial charge in [0.25, 0.3) is 10.0 Å². The van der Waals surface area contributed by atoms with Crippen LogP contribution in [0.3, 0.4) is 0 Å². The zero-order chi connectivity index (χ0) is 15.5. The molecule has 0 aromatic carbocycles. The molecule has 0 bridgehead atoms. The molecule has 0 atom stereocenters. The number of halogens is 1. The number of sulfonamides is 1. The van der Waals surface area contributed by atoms with E-state index in [0.29, 0.717) is 0 Å². The zero-order valence-electron chi connectivity index (χ0n) is 11.0. The lowest BCUT2D eigenvalue weighted by atomic mass is 10.3. The lowest BCUT2D eigenvalue weighted by Crippen LogP contribution is -2.25. The van der Waals surface area contributed by atoms with E-state index in [4.69, 9.17) is 16.7 Å². The molecule has 0 aliphatic rings. The summed E-state index contributed by atoms with van der Waals surface area (Å²) < 4.78 is 28.0. The Morgan fingerprint density at radius 1 is 1.57 bits per heavy atom. The van der Waals surface area contributed by atoms with Crippen LogP contribution in [0, 0.1) is 11.8 Å². The summed E-state index contributed by atoms with van der Waals surface area (Å²) in [6, 6.07) is 1.76. The Morgan fingerprint density at radius 2 is 2.33 bits per heavy atom. The Morgan fingerprint density at radius 3 is 2.95 bits per heavy atom. The third-order valence-corrected chi connectivity index (χ3v) is 5.34. The second-order valence-electron chi connectivity index (χ2n) is 4.01. The van der Waals surface area contributed by atoms with Crippen LogP contribution < -0.4 is 4.72 Å². The molecule has 6 nitrogen and oxygen atoms in total. The van der Waals surface area contributed by atoms with E-state index in [1.165, 1.54) is 29.3 Å². The number of hydrogen-bond donors (Lipinski definition) is 2. The first kappa shape index (κ1) is 16.0. The van der Waals surface area contributed by atoms with Crippen molar-refractivity contribution in [3.05, 3.63) is 33.1 Å². The fourth-order valence-electron chi connectivity index (χ4n) is 1.62. The molecule has 0 aliphatic heterocycles. The van der Waals surface area contributed by atoms with E-state index in [1.807, 2.05) is 0 Å². The number of nitrogens with one attached hydrogen (secondary N) is 1. The van der Waals surface area contributed by atoms with Gasteiger partial charge in [0, 0.05) is 29.4 Å². The van der Waals surface area contributed by atoms with Crippen molar-refractivity contribution in [2.45, 2.75) is 11.6 Å². The van der Waals surface area contributed by atoms with E-state index in [1.54, 1.807) is 11.4 Å². The van der Waals surface area contributed by atoms with Crippen LogP contribution in [0.5, 0.6) is 0 Å². The Kier molecular flexibility index (Phi) is 5.03. The third-order valence-electron chi connectivity index (χ3n) is 2.50. The minimum atomic E-state index is -3.74. The predicted octanol–water partition coefficient (Wildman–Crippen LogP) is 0.957. The van der Waals surface area contributed by atoms with Crippen LogP contribution >= 0.6 is 22.9 Å². The lowest BCUT2D eigenvalue weighted by molar-refractivity contribution is 0.350. The second-order valence-corrected chi connectivity index (χ2v) is 7.09. The van der Waals surface area contributed by atoms with Gasteiger partial charge >= 0.3 is 0 Å². The number of aromatic nitrogens is 2. The number of aliphatic hydroxyl groups excluding tert-OH is 1. The molecule has 112 valence electrons. The fraction of sp³-hybridized carbons (Fsp3) is 0.250. The van der Waals surface area contributed by atoms with Crippen molar-refractivity contribution in [3.63, 3.8) is 0 Å². The fourth-order valence-corrected chi connectivity index (χ4v) is 4.12. The number of aliphatic hydroxyl groups is 1. The van der Waals surface area contributed by atoms with Crippen LogP contribution in [-0.4, -0.2) is 29.9 Å². The highest BCUT2D eigenvalue weighted by Gasteiger charge is 2.22. The van der Waals surface area contributed by atoms with E-state index in [2.05, 4.69) is 21.7 Å². The summed E-state index contributed by atoms with van der Waals surface area (Å²) in [4.78, 5) is 0.805. The van der Waals surface area contributed by atoms with Crippen LogP contribution in [0.15, 0.2) is 22.7 Å². The maximum Gasteiger partial charge on any atom is 0.259 e. The second kappa shape index (κ2) is 6.60. The van der Waals surface area contributed by atoms with E-state index in [-0.39, 0.29) is 23.2 Å². The van der Waals surface area contributed by atoms with Gasteiger partial charge in [-0.1, -0.05) is 23.4 Å². The Labute approximate surface area is 131 Å². The maximum absolute atomic E-state index is 12.2. The Hall–Kier alpha value is -1.37. The highest BCUT2D eigenvalue weighted by molar-refractivity contribution is 7.89. The van der Waals surface area contributed by atoms with Gasteiger partial charge in [-0.05, 0) is 6.07 Å². The summed E-state index contributed by atoms with van der Waals surface area (Å²) in [6.07, 6.45) is 1.28. The van der Waals surface area contributed by atoms with E-state index >= 15 is 0 Å². The smallest absolute Gasteiger partial charge is 0.259 e. The Balaban J connectivity index is 2.11. The molecule has 21 heavy (non-hydrogen) atoms. The van der Waals surface area contributed by atoms with Crippen molar-refractivity contribution in [1.29, 1.82) is 0 Å². The first-order valence-corrected chi connectivity index (χ1v) is 8.52. The summed E-state index contributed by atoms with van der Waals surface area (Å²) in [5.74, 6) is 5.29. The summed E-state index contributed by atoms with van der Waals surface area (Å²) in [6.45, 7) is -0.0773. The molecule has 9 heteroatoms. The third kappa shape index (κ3) is 3.84. The van der Waals surface area contributed by atoms with E-state index < -0.39 is 10.0 Å². The van der Waals surface area contributed by atoms with Crippen molar-refractivity contribution in [1.82, 2.24) is 14.5 Å². The van der Waals surface area contributed by atoms with Crippen LogP contribution in [0.25, 0.3) is 0 Å². The van der Waals surface area contributed by atoms with E-state index in [0.717, 1.165) is 10.4 Å². The molecule has 2 N–H and O–H groups in total. The summed E-state index contributed by atoms with van der Waals surface area (Å²) in [5.41, 5.74) is 0.738. The number of aryl methyl sites for hydroxylation is 1. The summed E-state index contributed by atoms with van der Waals surface area (Å²) in [7, 11) is -2.23. The van der Waals surface area contributed by atoms with E-state index in [9.17, 15) is 8.42 Å². The molecule has 2 aromatic rings. The highest BCUT2D eigenvalue weighted by atomic mass is 35.5. The molecule has 0 unspecified atom stereocenters. The van der Waals surface area contributed by atoms with Gasteiger partial charge in [0.1, 0.15) is 6.61 Å². The van der Waals surface area contributed by atoms with Gasteiger partial charge in [-0.15, -0.1) is 11.3 Å². The van der Waals surface area contributed by atoms with Gasteiger partial charge < -0.3 is 5.11 Å². The number of hydrogen-bond acceptors (Lipinski definition) is 5. The van der Waals surface area contributed by atoms with Crippen molar-refractivity contribution in [2.75, 3.05) is 6.61 Å². The Bertz CT molecular complexity index is 780. The van der Waals surface area contributed by atoms with Gasteiger partial charge in [0.2, 0.25) is 0 Å². The standard InChI is InChI=1S/C12H12ClN3O3S2/c1-16-12(11(13)7-14-16)21(18,19)15-6-10-5-9(8-20-10)3-2-4-17/h5,7-8,15,17H,4,6H2,1H3. The summed E-state index contributed by atoms with van der Waals surface area (Å²) in [5, 5.41) is 14.2.